The smallest absolute Gasteiger partial charge is 0.270 e. The lowest BCUT2D eigenvalue weighted by molar-refractivity contribution is 0.0933. The number of unbranched alkanes of at least 4 members (excludes halogenated alkanes) is 2. The normalized spacial score (nSPS) is 14.8. The van der Waals surface area contributed by atoms with Crippen LogP contribution >= 0.6 is 0 Å². The summed E-state index contributed by atoms with van der Waals surface area (Å²) < 4.78 is 0. The van der Waals surface area contributed by atoms with Crippen LogP contribution in [-0.2, 0) is 0 Å². The van der Waals surface area contributed by atoms with Crippen LogP contribution in [0.25, 0.3) is 0 Å². The number of nitrogens with zero attached hydrogens (tertiary/aromatic N) is 1. The Morgan fingerprint density at radius 1 is 1.23 bits per heavy atom. The van der Waals surface area contributed by atoms with Crippen molar-refractivity contribution in [3.8, 4) is 0 Å². The maximum Gasteiger partial charge on any atom is 0.270 e. The molecule has 0 aliphatic heterocycles. The molecule has 0 spiro atoms. The van der Waals surface area contributed by atoms with Gasteiger partial charge in [-0.2, -0.15) is 0 Å². The molecule has 0 unspecified atom stereocenters. The van der Waals surface area contributed by atoms with E-state index in [0.717, 1.165) is 32.1 Å². The molecule has 0 aromatic carbocycles. The van der Waals surface area contributed by atoms with E-state index >= 15 is 0 Å². The third kappa shape index (κ3) is 4.83. The maximum absolute atomic E-state index is 12.2. The Bertz CT molecular complexity index is 510. The molecule has 0 saturated heterocycles. The summed E-state index contributed by atoms with van der Waals surface area (Å²) in [6, 6.07) is 3.46. The topological polar surface area (TPSA) is 71.1 Å². The number of aromatic nitrogens is 1. The zero-order valence-electron chi connectivity index (χ0n) is 13.2. The van der Waals surface area contributed by atoms with Gasteiger partial charge in [0, 0.05) is 24.3 Å². The molecule has 22 heavy (non-hydrogen) atoms. The standard InChI is InChI=1S/C17H25N3O2/c1-2-3-6-10-19-16(21)13-9-11-18-15(12-13)17(22)20-14-7-4-5-8-14/h9,11-12,14H,2-8,10H2,1H3,(H,19,21)(H,20,22). The van der Waals surface area contributed by atoms with E-state index in [2.05, 4.69) is 22.5 Å². The van der Waals surface area contributed by atoms with Crippen molar-refractivity contribution in [1.82, 2.24) is 15.6 Å². The number of hydrogen-bond acceptors (Lipinski definition) is 3. The van der Waals surface area contributed by atoms with Crippen molar-refractivity contribution in [1.29, 1.82) is 0 Å². The minimum absolute atomic E-state index is 0.145. The molecule has 120 valence electrons. The van der Waals surface area contributed by atoms with Crippen LogP contribution in [0.1, 0.15) is 72.7 Å². The van der Waals surface area contributed by atoms with Gasteiger partial charge < -0.3 is 10.6 Å². The van der Waals surface area contributed by atoms with E-state index in [1.165, 1.54) is 19.0 Å². The van der Waals surface area contributed by atoms with E-state index < -0.39 is 0 Å². The van der Waals surface area contributed by atoms with Gasteiger partial charge in [-0.15, -0.1) is 0 Å². The van der Waals surface area contributed by atoms with Gasteiger partial charge in [-0.05, 0) is 31.4 Å². The Morgan fingerprint density at radius 3 is 2.73 bits per heavy atom. The lowest BCUT2D eigenvalue weighted by Crippen LogP contribution is -2.33. The summed E-state index contributed by atoms with van der Waals surface area (Å²) in [5.74, 6) is -0.332. The van der Waals surface area contributed by atoms with E-state index in [-0.39, 0.29) is 17.9 Å². The lowest BCUT2D eigenvalue weighted by Gasteiger charge is -2.11. The van der Waals surface area contributed by atoms with E-state index in [1.807, 2.05) is 0 Å². The summed E-state index contributed by atoms with van der Waals surface area (Å²) in [5.41, 5.74) is 0.802. The van der Waals surface area contributed by atoms with Gasteiger partial charge in [-0.1, -0.05) is 32.6 Å². The first-order valence-electron chi connectivity index (χ1n) is 8.26. The second-order valence-corrected chi connectivity index (χ2v) is 5.85. The number of nitrogens with one attached hydrogen (secondary N) is 2. The van der Waals surface area contributed by atoms with Crippen molar-refractivity contribution in [2.24, 2.45) is 0 Å². The lowest BCUT2D eigenvalue weighted by atomic mass is 10.2. The van der Waals surface area contributed by atoms with E-state index in [1.54, 1.807) is 12.1 Å². The number of hydrogen-bond donors (Lipinski definition) is 2. The molecule has 1 saturated carbocycles. The fraction of sp³-hybridized carbons (Fsp3) is 0.588. The minimum Gasteiger partial charge on any atom is -0.352 e. The molecule has 0 bridgehead atoms. The SMILES string of the molecule is CCCCCNC(=O)c1ccnc(C(=O)NC2CCCC2)c1. The Kier molecular flexibility index (Phi) is 6.37. The van der Waals surface area contributed by atoms with E-state index in [0.29, 0.717) is 17.8 Å². The summed E-state index contributed by atoms with van der Waals surface area (Å²) in [5, 5.41) is 5.86. The second kappa shape index (κ2) is 8.51. The zero-order valence-corrected chi connectivity index (χ0v) is 13.2. The molecule has 5 nitrogen and oxygen atoms in total. The number of amides is 2. The Hall–Kier alpha value is -1.91. The van der Waals surface area contributed by atoms with Crippen molar-refractivity contribution in [3.05, 3.63) is 29.6 Å². The molecule has 2 rings (SSSR count). The number of rotatable bonds is 7. The Balaban J connectivity index is 1.90. The van der Waals surface area contributed by atoms with Crippen LogP contribution in [-0.4, -0.2) is 29.4 Å². The summed E-state index contributed by atoms with van der Waals surface area (Å²) in [6.45, 7) is 2.79. The zero-order chi connectivity index (χ0) is 15.8. The fourth-order valence-corrected chi connectivity index (χ4v) is 2.70. The van der Waals surface area contributed by atoms with Gasteiger partial charge in [0.05, 0.1) is 0 Å². The Morgan fingerprint density at radius 2 is 2.00 bits per heavy atom. The average molecular weight is 303 g/mol. The predicted octanol–water partition coefficient (Wildman–Crippen LogP) is 2.67. The molecular formula is C17H25N3O2. The van der Waals surface area contributed by atoms with Gasteiger partial charge in [-0.25, -0.2) is 0 Å². The predicted molar refractivity (Wildman–Crippen MR) is 85.8 cm³/mol. The van der Waals surface area contributed by atoms with Crippen molar-refractivity contribution >= 4 is 11.8 Å². The molecule has 2 amide bonds. The van der Waals surface area contributed by atoms with Gasteiger partial charge >= 0.3 is 0 Å². The van der Waals surface area contributed by atoms with Crippen LogP contribution in [0.5, 0.6) is 0 Å². The average Bonchev–Trinajstić information content (AvgIpc) is 3.04. The van der Waals surface area contributed by atoms with Crippen LogP contribution in [0, 0.1) is 0 Å². The molecule has 1 aliphatic carbocycles. The van der Waals surface area contributed by atoms with E-state index in [9.17, 15) is 9.59 Å². The molecule has 0 radical (unpaired) electrons. The van der Waals surface area contributed by atoms with Gasteiger partial charge in [0.15, 0.2) is 0 Å². The number of carbonyl (C=O) groups is 2. The summed E-state index contributed by atoms with van der Waals surface area (Å²) >= 11 is 0. The molecule has 1 aliphatic rings. The molecule has 1 heterocycles. The molecule has 5 heteroatoms. The molecule has 1 aromatic rings. The first-order chi connectivity index (χ1) is 10.7. The number of carbonyl (C=O) groups excluding carboxylic acids is 2. The Labute approximate surface area is 131 Å². The van der Waals surface area contributed by atoms with E-state index in [4.69, 9.17) is 0 Å². The largest absolute Gasteiger partial charge is 0.352 e. The molecule has 2 N–H and O–H groups in total. The van der Waals surface area contributed by atoms with Crippen molar-refractivity contribution in [3.63, 3.8) is 0 Å². The monoisotopic (exact) mass is 303 g/mol. The fourth-order valence-electron chi connectivity index (χ4n) is 2.70. The summed E-state index contributed by atoms with van der Waals surface area (Å²) in [4.78, 5) is 28.3. The second-order valence-electron chi connectivity index (χ2n) is 5.85. The van der Waals surface area contributed by atoms with Crippen LogP contribution in [0.3, 0.4) is 0 Å². The van der Waals surface area contributed by atoms with Crippen LogP contribution in [0.4, 0.5) is 0 Å². The summed E-state index contributed by atoms with van der Waals surface area (Å²) in [6.07, 6.45) is 9.11. The minimum atomic E-state index is -0.187. The van der Waals surface area contributed by atoms with Gasteiger partial charge in [0.2, 0.25) is 0 Å². The highest BCUT2D eigenvalue weighted by atomic mass is 16.2. The van der Waals surface area contributed by atoms with Gasteiger partial charge in [-0.3, -0.25) is 14.6 Å². The quantitative estimate of drug-likeness (QED) is 0.761. The highest BCUT2D eigenvalue weighted by Gasteiger charge is 2.19. The molecular weight excluding hydrogens is 278 g/mol. The van der Waals surface area contributed by atoms with Gasteiger partial charge in [0.25, 0.3) is 11.8 Å². The molecule has 0 atom stereocenters. The highest BCUT2D eigenvalue weighted by molar-refractivity contribution is 5.98. The first-order valence-corrected chi connectivity index (χ1v) is 8.26. The van der Waals surface area contributed by atoms with Crippen molar-refractivity contribution in [2.45, 2.75) is 57.9 Å². The van der Waals surface area contributed by atoms with Gasteiger partial charge in [0.1, 0.15) is 5.69 Å². The van der Waals surface area contributed by atoms with Crippen LogP contribution in [0.15, 0.2) is 18.3 Å². The number of pyridine rings is 1. The maximum atomic E-state index is 12.2. The third-order valence-corrected chi connectivity index (χ3v) is 4.01. The van der Waals surface area contributed by atoms with Crippen LogP contribution < -0.4 is 10.6 Å². The van der Waals surface area contributed by atoms with Crippen molar-refractivity contribution in [2.75, 3.05) is 6.54 Å². The summed E-state index contributed by atoms with van der Waals surface area (Å²) in [7, 11) is 0. The highest BCUT2D eigenvalue weighted by Crippen LogP contribution is 2.18. The van der Waals surface area contributed by atoms with Crippen LogP contribution in [0.2, 0.25) is 0 Å². The molecule has 1 fully saturated rings. The molecule has 1 aromatic heterocycles. The van der Waals surface area contributed by atoms with Crippen molar-refractivity contribution < 1.29 is 9.59 Å². The third-order valence-electron chi connectivity index (χ3n) is 4.01. The first kappa shape index (κ1) is 16.5.